The predicted molar refractivity (Wildman–Crippen MR) is 74.4 cm³/mol. The van der Waals surface area contributed by atoms with Gasteiger partial charge >= 0.3 is 29.6 Å². The summed E-state index contributed by atoms with van der Waals surface area (Å²) in [5, 5.41) is 11.0. The maximum atomic E-state index is 12.4. The number of benzene rings is 2. The summed E-state index contributed by atoms with van der Waals surface area (Å²) in [5.41, 5.74) is 6.91. The summed E-state index contributed by atoms with van der Waals surface area (Å²) < 4.78 is 0. The van der Waals surface area contributed by atoms with Crippen molar-refractivity contribution in [1.29, 1.82) is 0 Å². The molecule has 0 unspecified atom stereocenters. The van der Waals surface area contributed by atoms with E-state index in [4.69, 9.17) is 17.3 Å². The van der Waals surface area contributed by atoms with Crippen molar-refractivity contribution in [2.75, 3.05) is 5.73 Å². The van der Waals surface area contributed by atoms with Crippen LogP contribution in [-0.4, -0.2) is 11.8 Å². The second-order valence-corrected chi connectivity index (χ2v) is 4.64. The molecule has 2 rings (SSSR count). The Bertz CT molecular complexity index is 688. The van der Waals surface area contributed by atoms with Gasteiger partial charge in [0.1, 0.15) is 0 Å². The minimum Gasteiger partial charge on any atom is -0.550 e. The molecule has 0 saturated carbocycles. The molecule has 0 aromatic heterocycles. The minimum absolute atomic E-state index is 0. The van der Waals surface area contributed by atoms with Crippen LogP contribution < -0.4 is 40.4 Å². The molecule has 6 heteroatoms. The third-order valence-corrected chi connectivity index (χ3v) is 3.22. The molecule has 0 aliphatic rings. The van der Waals surface area contributed by atoms with Crippen LogP contribution >= 0.6 is 11.6 Å². The number of hydrogen-bond acceptors (Lipinski definition) is 4. The Morgan fingerprint density at radius 3 is 2.29 bits per heavy atom. The van der Waals surface area contributed by atoms with Gasteiger partial charge in [0.2, 0.25) is 0 Å². The average molecular weight is 312 g/mol. The Morgan fingerprint density at radius 1 is 1.05 bits per heavy atom. The number of nitrogen functional groups attached to an aromatic ring is 1. The van der Waals surface area contributed by atoms with Gasteiger partial charge in [0.25, 0.3) is 0 Å². The number of para-hydroxylation sites is 1. The molecular weight excluding hydrogens is 301 g/mol. The fourth-order valence-electron chi connectivity index (χ4n) is 1.91. The largest absolute Gasteiger partial charge is 1.00 e. The number of nitrogens with two attached hydrogens (primary N) is 1. The fraction of sp³-hybridized carbons (Fsp3) is 0.0667. The Morgan fingerprint density at radius 2 is 1.67 bits per heavy atom. The van der Waals surface area contributed by atoms with E-state index in [0.29, 0.717) is 16.1 Å². The summed E-state index contributed by atoms with van der Waals surface area (Å²) in [4.78, 5) is 23.1. The van der Waals surface area contributed by atoms with Crippen LogP contribution in [0.2, 0.25) is 5.02 Å². The Hall–Kier alpha value is -1.33. The van der Waals surface area contributed by atoms with Gasteiger partial charge in [-0.3, -0.25) is 4.79 Å². The molecule has 2 N–H and O–H groups in total. The van der Waals surface area contributed by atoms with Crippen LogP contribution in [0.5, 0.6) is 0 Å². The Kier molecular flexibility index (Phi) is 6.42. The number of aliphatic carboxylic acids is 1. The van der Waals surface area contributed by atoms with Gasteiger partial charge < -0.3 is 15.6 Å². The predicted octanol–water partition coefficient (Wildman–Crippen LogP) is -1.55. The van der Waals surface area contributed by atoms with Crippen molar-refractivity contribution in [3.05, 3.63) is 64.2 Å². The molecule has 0 spiro atoms. The first-order valence-corrected chi connectivity index (χ1v) is 6.25. The van der Waals surface area contributed by atoms with Crippen molar-refractivity contribution in [1.82, 2.24) is 0 Å². The molecule has 4 nitrogen and oxygen atoms in total. The molecule has 2 aromatic rings. The zero-order valence-electron chi connectivity index (χ0n) is 11.4. The standard InChI is InChI=1S/C15H12ClNO3.Na/c16-12-7-2-1-5-10(12)15(20)11-6-3-4-9(14(11)17)8-13(18)19;/h1-7H,8,17H2,(H,18,19);/q;+1/p-1. The van der Waals surface area contributed by atoms with E-state index in [1.54, 1.807) is 42.5 Å². The van der Waals surface area contributed by atoms with E-state index in [1.165, 1.54) is 0 Å². The average Bonchev–Trinajstić information content (AvgIpc) is 2.40. The van der Waals surface area contributed by atoms with E-state index in [-0.39, 0.29) is 53.0 Å². The SMILES string of the molecule is Nc1c(CC(=O)[O-])cccc1C(=O)c1ccccc1Cl.[Na+]. The summed E-state index contributed by atoms with van der Waals surface area (Å²) >= 11 is 5.98. The van der Waals surface area contributed by atoms with Crippen LogP contribution in [0, 0.1) is 0 Å². The smallest absolute Gasteiger partial charge is 0.550 e. The number of hydrogen-bond donors (Lipinski definition) is 1. The number of halogens is 1. The third kappa shape index (κ3) is 4.08. The van der Waals surface area contributed by atoms with E-state index in [0.717, 1.165) is 0 Å². The van der Waals surface area contributed by atoms with Gasteiger partial charge in [-0.05, 0) is 23.8 Å². The van der Waals surface area contributed by atoms with Gasteiger partial charge in [0.05, 0.1) is 5.02 Å². The van der Waals surface area contributed by atoms with Gasteiger partial charge in [0.15, 0.2) is 5.78 Å². The van der Waals surface area contributed by atoms with Crippen molar-refractivity contribution in [3.8, 4) is 0 Å². The van der Waals surface area contributed by atoms with Crippen LogP contribution in [-0.2, 0) is 11.2 Å². The van der Waals surface area contributed by atoms with Gasteiger partial charge in [-0.2, -0.15) is 0 Å². The molecule has 2 aromatic carbocycles. The number of anilines is 1. The maximum absolute atomic E-state index is 12.4. The molecule has 0 amide bonds. The monoisotopic (exact) mass is 311 g/mol. The van der Waals surface area contributed by atoms with Crippen molar-refractivity contribution in [3.63, 3.8) is 0 Å². The van der Waals surface area contributed by atoms with E-state index in [9.17, 15) is 14.7 Å². The van der Waals surface area contributed by atoms with E-state index >= 15 is 0 Å². The number of carbonyl (C=O) groups is 2. The van der Waals surface area contributed by atoms with Gasteiger partial charge in [-0.1, -0.05) is 35.9 Å². The number of carboxylic acid groups (broad SMARTS) is 1. The van der Waals surface area contributed by atoms with Crippen LogP contribution in [0.3, 0.4) is 0 Å². The number of ketones is 1. The van der Waals surface area contributed by atoms with Crippen molar-refractivity contribution < 1.29 is 44.3 Å². The zero-order valence-corrected chi connectivity index (χ0v) is 14.2. The first-order valence-electron chi connectivity index (χ1n) is 5.87. The number of carbonyl (C=O) groups excluding carboxylic acids is 2. The molecule has 21 heavy (non-hydrogen) atoms. The third-order valence-electron chi connectivity index (χ3n) is 2.89. The molecule has 0 heterocycles. The van der Waals surface area contributed by atoms with Crippen molar-refractivity contribution in [2.24, 2.45) is 0 Å². The van der Waals surface area contributed by atoms with Crippen LogP contribution in [0.4, 0.5) is 5.69 Å². The van der Waals surface area contributed by atoms with E-state index < -0.39 is 5.97 Å². The molecule has 0 fully saturated rings. The fourth-order valence-corrected chi connectivity index (χ4v) is 2.13. The van der Waals surface area contributed by atoms with Gasteiger partial charge in [-0.15, -0.1) is 0 Å². The summed E-state index contributed by atoms with van der Waals surface area (Å²) in [6.45, 7) is 0. The van der Waals surface area contributed by atoms with E-state index in [2.05, 4.69) is 0 Å². The Labute approximate surface area is 149 Å². The summed E-state index contributed by atoms with van der Waals surface area (Å²) in [6.07, 6.45) is -0.338. The first kappa shape index (κ1) is 17.7. The molecule has 0 bridgehead atoms. The minimum atomic E-state index is -1.25. The molecule has 0 saturated heterocycles. The van der Waals surface area contributed by atoms with Gasteiger partial charge in [0, 0.05) is 29.2 Å². The normalized spacial score (nSPS) is 9.76. The van der Waals surface area contributed by atoms with Crippen LogP contribution in [0.1, 0.15) is 21.5 Å². The summed E-state index contributed by atoms with van der Waals surface area (Å²) in [5.74, 6) is -1.59. The Balaban J connectivity index is 0.00000220. The first-order chi connectivity index (χ1) is 9.50. The molecule has 0 aliphatic carbocycles. The zero-order chi connectivity index (χ0) is 14.7. The summed E-state index contributed by atoms with van der Waals surface area (Å²) in [6, 6.07) is 11.3. The molecule has 0 aliphatic heterocycles. The topological polar surface area (TPSA) is 83.2 Å². The van der Waals surface area contributed by atoms with E-state index in [1.807, 2.05) is 0 Å². The molecular formula is C15H11ClNNaO3. The number of carboxylic acids is 1. The van der Waals surface area contributed by atoms with Gasteiger partial charge in [-0.25, -0.2) is 0 Å². The quantitative estimate of drug-likeness (QED) is 0.421. The van der Waals surface area contributed by atoms with Crippen LogP contribution in [0.25, 0.3) is 0 Å². The number of rotatable bonds is 4. The molecule has 0 atom stereocenters. The van der Waals surface area contributed by atoms with Crippen LogP contribution in [0.15, 0.2) is 42.5 Å². The van der Waals surface area contributed by atoms with Crippen molar-refractivity contribution in [2.45, 2.75) is 6.42 Å². The summed E-state index contributed by atoms with van der Waals surface area (Å²) in [7, 11) is 0. The second kappa shape index (κ2) is 7.61. The second-order valence-electron chi connectivity index (χ2n) is 4.24. The maximum Gasteiger partial charge on any atom is 1.00 e. The molecule has 0 radical (unpaired) electrons. The van der Waals surface area contributed by atoms with Crippen molar-refractivity contribution >= 4 is 29.0 Å². The molecule has 102 valence electrons.